The molecule has 2 heterocycles. The summed E-state index contributed by atoms with van der Waals surface area (Å²) in [5, 5.41) is 9.49. The Morgan fingerprint density at radius 3 is 2.81 bits per heavy atom. The van der Waals surface area contributed by atoms with Crippen LogP contribution in [-0.2, 0) is 15.9 Å². The molecule has 1 amide bonds. The van der Waals surface area contributed by atoms with Gasteiger partial charge in [0.25, 0.3) is 5.91 Å². The third kappa shape index (κ3) is 4.69. The summed E-state index contributed by atoms with van der Waals surface area (Å²) in [5.74, 6) is -0.609. The van der Waals surface area contributed by atoms with Crippen LogP contribution < -0.4 is 0 Å². The number of aromatic nitrogens is 1. The van der Waals surface area contributed by atoms with Crippen molar-refractivity contribution in [1.29, 1.82) is 0 Å². The average Bonchev–Trinajstić information content (AvgIpc) is 2.74. The second kappa shape index (κ2) is 9.25. The van der Waals surface area contributed by atoms with Gasteiger partial charge in [0, 0.05) is 19.2 Å². The van der Waals surface area contributed by atoms with Gasteiger partial charge in [-0.3, -0.25) is 9.78 Å². The van der Waals surface area contributed by atoms with E-state index in [0.717, 1.165) is 0 Å². The summed E-state index contributed by atoms with van der Waals surface area (Å²) >= 11 is 0. The van der Waals surface area contributed by atoms with E-state index in [0.29, 0.717) is 43.0 Å². The Balaban J connectivity index is 1.65. The number of ether oxygens (including phenoxy) is 2. The van der Waals surface area contributed by atoms with Crippen molar-refractivity contribution in [3.63, 3.8) is 0 Å². The molecule has 0 aliphatic carbocycles. The quantitative estimate of drug-likeness (QED) is 0.772. The highest BCUT2D eigenvalue weighted by molar-refractivity contribution is 5.95. The number of aliphatic hydroxyl groups is 1. The fourth-order valence-electron chi connectivity index (χ4n) is 2.96. The lowest BCUT2D eigenvalue weighted by Gasteiger charge is -2.34. The number of rotatable bonds is 6. The lowest BCUT2D eigenvalue weighted by molar-refractivity contribution is -0.0184. The Morgan fingerprint density at radius 2 is 2.04 bits per heavy atom. The smallest absolute Gasteiger partial charge is 0.338 e. The van der Waals surface area contributed by atoms with Crippen LogP contribution in [0.4, 0.5) is 0 Å². The molecule has 7 heteroatoms. The monoisotopic (exact) mass is 370 g/mol. The maximum atomic E-state index is 12.9. The standard InChI is InChI=1S/C20H22N2O5/c23-13-16-14-26-12-10-22(16)19(24)17-7-4-9-21-18(17)8-11-27-20(25)15-5-2-1-3-6-15/h1-7,9,16,23H,8,10-14H2/t16-/m1/s1. The second-order valence-corrected chi connectivity index (χ2v) is 6.16. The highest BCUT2D eigenvalue weighted by Gasteiger charge is 2.29. The first-order valence-corrected chi connectivity index (χ1v) is 8.86. The van der Waals surface area contributed by atoms with Crippen LogP contribution in [0.5, 0.6) is 0 Å². The lowest BCUT2D eigenvalue weighted by Crippen LogP contribution is -2.50. The van der Waals surface area contributed by atoms with E-state index in [1.54, 1.807) is 47.5 Å². The van der Waals surface area contributed by atoms with Crippen molar-refractivity contribution < 1.29 is 24.2 Å². The van der Waals surface area contributed by atoms with Crippen LogP contribution in [0.3, 0.4) is 0 Å². The van der Waals surface area contributed by atoms with E-state index in [-0.39, 0.29) is 25.2 Å². The molecule has 1 atom stereocenters. The van der Waals surface area contributed by atoms with E-state index < -0.39 is 5.97 Å². The number of aliphatic hydroxyl groups excluding tert-OH is 1. The van der Waals surface area contributed by atoms with Gasteiger partial charge in [-0.15, -0.1) is 0 Å². The molecule has 1 aromatic heterocycles. The Morgan fingerprint density at radius 1 is 1.22 bits per heavy atom. The van der Waals surface area contributed by atoms with E-state index in [4.69, 9.17) is 9.47 Å². The van der Waals surface area contributed by atoms with Gasteiger partial charge in [0.05, 0.1) is 49.3 Å². The minimum absolute atomic E-state index is 0.123. The lowest BCUT2D eigenvalue weighted by atomic mass is 10.1. The molecule has 1 N–H and O–H groups in total. The van der Waals surface area contributed by atoms with Gasteiger partial charge in [0.2, 0.25) is 0 Å². The predicted octanol–water partition coefficient (Wildman–Crippen LogP) is 1.31. The number of nitrogens with zero attached hydrogens (tertiary/aromatic N) is 2. The van der Waals surface area contributed by atoms with Crippen molar-refractivity contribution in [3.05, 3.63) is 65.5 Å². The maximum Gasteiger partial charge on any atom is 0.338 e. The Kier molecular flexibility index (Phi) is 6.51. The molecule has 7 nitrogen and oxygen atoms in total. The highest BCUT2D eigenvalue weighted by Crippen LogP contribution is 2.15. The number of pyridine rings is 1. The maximum absolute atomic E-state index is 12.9. The molecule has 1 aliphatic rings. The number of hydrogen-bond donors (Lipinski definition) is 1. The van der Waals surface area contributed by atoms with Crippen molar-refractivity contribution in [2.75, 3.05) is 33.0 Å². The summed E-state index contributed by atoms with van der Waals surface area (Å²) in [4.78, 5) is 30.8. The fourth-order valence-corrected chi connectivity index (χ4v) is 2.96. The van der Waals surface area contributed by atoms with Crippen LogP contribution in [0.15, 0.2) is 48.7 Å². The minimum atomic E-state index is -0.409. The number of carbonyl (C=O) groups is 2. The molecule has 142 valence electrons. The number of amides is 1. The molecule has 0 saturated carbocycles. The summed E-state index contributed by atoms with van der Waals surface area (Å²) in [6.07, 6.45) is 1.93. The van der Waals surface area contributed by atoms with Crippen LogP contribution in [0.25, 0.3) is 0 Å². The molecular weight excluding hydrogens is 348 g/mol. The number of carbonyl (C=O) groups excluding carboxylic acids is 2. The van der Waals surface area contributed by atoms with E-state index in [1.807, 2.05) is 6.07 Å². The minimum Gasteiger partial charge on any atom is -0.462 e. The van der Waals surface area contributed by atoms with Gasteiger partial charge in [0.1, 0.15) is 0 Å². The van der Waals surface area contributed by atoms with Crippen LogP contribution in [0.1, 0.15) is 26.4 Å². The first-order valence-electron chi connectivity index (χ1n) is 8.86. The number of benzene rings is 1. The van der Waals surface area contributed by atoms with Crippen molar-refractivity contribution in [2.45, 2.75) is 12.5 Å². The van der Waals surface area contributed by atoms with Gasteiger partial charge < -0.3 is 19.5 Å². The SMILES string of the molecule is O=C(OCCc1ncccc1C(=O)N1CCOC[C@H]1CO)c1ccccc1. The van der Waals surface area contributed by atoms with Gasteiger partial charge in [-0.1, -0.05) is 18.2 Å². The predicted molar refractivity (Wildman–Crippen MR) is 97.4 cm³/mol. The molecule has 1 aliphatic heterocycles. The average molecular weight is 370 g/mol. The molecule has 0 unspecified atom stereocenters. The first-order chi connectivity index (χ1) is 13.2. The number of morpholine rings is 1. The molecule has 27 heavy (non-hydrogen) atoms. The summed E-state index contributed by atoms with van der Waals surface area (Å²) < 4.78 is 10.6. The van der Waals surface area contributed by atoms with Gasteiger partial charge in [-0.25, -0.2) is 4.79 Å². The topological polar surface area (TPSA) is 89.0 Å². The number of esters is 1. The van der Waals surface area contributed by atoms with E-state index in [1.165, 1.54) is 0 Å². The van der Waals surface area contributed by atoms with Gasteiger partial charge in [0.15, 0.2) is 0 Å². The van der Waals surface area contributed by atoms with Gasteiger partial charge in [-0.05, 0) is 24.3 Å². The molecule has 0 bridgehead atoms. The molecule has 1 aromatic carbocycles. The third-order valence-corrected chi connectivity index (χ3v) is 4.40. The molecule has 0 radical (unpaired) electrons. The molecule has 3 rings (SSSR count). The Hall–Kier alpha value is -2.77. The Bertz CT molecular complexity index is 781. The van der Waals surface area contributed by atoms with Gasteiger partial charge in [-0.2, -0.15) is 0 Å². The Labute approximate surface area is 157 Å². The van der Waals surface area contributed by atoms with Crippen molar-refractivity contribution in [1.82, 2.24) is 9.88 Å². The molecule has 1 fully saturated rings. The van der Waals surface area contributed by atoms with Crippen molar-refractivity contribution in [3.8, 4) is 0 Å². The zero-order chi connectivity index (χ0) is 19.1. The number of hydrogen-bond acceptors (Lipinski definition) is 6. The third-order valence-electron chi connectivity index (χ3n) is 4.40. The van der Waals surface area contributed by atoms with E-state index in [2.05, 4.69) is 4.98 Å². The van der Waals surface area contributed by atoms with Crippen LogP contribution in [0.2, 0.25) is 0 Å². The van der Waals surface area contributed by atoms with Crippen molar-refractivity contribution >= 4 is 11.9 Å². The highest BCUT2D eigenvalue weighted by atomic mass is 16.5. The van der Waals surface area contributed by atoms with Crippen LogP contribution >= 0.6 is 0 Å². The van der Waals surface area contributed by atoms with E-state index in [9.17, 15) is 14.7 Å². The zero-order valence-corrected chi connectivity index (χ0v) is 14.9. The fraction of sp³-hybridized carbons (Fsp3) is 0.350. The van der Waals surface area contributed by atoms with E-state index >= 15 is 0 Å². The normalized spacial score (nSPS) is 16.8. The largest absolute Gasteiger partial charge is 0.462 e. The summed E-state index contributed by atoms with van der Waals surface area (Å²) in [5.41, 5.74) is 1.49. The molecule has 0 spiro atoms. The summed E-state index contributed by atoms with van der Waals surface area (Å²) in [6, 6.07) is 11.8. The summed E-state index contributed by atoms with van der Waals surface area (Å²) in [7, 11) is 0. The zero-order valence-electron chi connectivity index (χ0n) is 14.9. The van der Waals surface area contributed by atoms with Crippen LogP contribution in [0, 0.1) is 0 Å². The molecule has 2 aromatic rings. The summed E-state index contributed by atoms with van der Waals surface area (Å²) in [6.45, 7) is 1.13. The van der Waals surface area contributed by atoms with Crippen LogP contribution in [-0.4, -0.2) is 65.9 Å². The second-order valence-electron chi connectivity index (χ2n) is 6.16. The molecule has 1 saturated heterocycles. The van der Waals surface area contributed by atoms with Crippen molar-refractivity contribution in [2.24, 2.45) is 0 Å². The molecular formula is C20H22N2O5. The van der Waals surface area contributed by atoms with Gasteiger partial charge >= 0.3 is 5.97 Å². The first kappa shape index (κ1) is 19.0.